The zero-order chi connectivity index (χ0) is 22.1. The maximum atomic E-state index is 5.30. The van der Waals surface area contributed by atoms with Gasteiger partial charge >= 0.3 is 0 Å². The largest absolute Gasteiger partial charge is 0.380 e. The van der Waals surface area contributed by atoms with Crippen molar-refractivity contribution in [1.29, 1.82) is 0 Å². The summed E-state index contributed by atoms with van der Waals surface area (Å²) in [5, 5.41) is 0. The van der Waals surface area contributed by atoms with E-state index >= 15 is 0 Å². The summed E-state index contributed by atoms with van der Waals surface area (Å²) < 4.78 is 5.30. The van der Waals surface area contributed by atoms with E-state index in [1.165, 1.54) is 6.42 Å². The first-order valence-corrected chi connectivity index (χ1v) is 11.1. The van der Waals surface area contributed by atoms with E-state index in [2.05, 4.69) is 72.4 Å². The van der Waals surface area contributed by atoms with Gasteiger partial charge in [0.25, 0.3) is 0 Å². The van der Waals surface area contributed by atoms with Crippen molar-refractivity contribution in [1.82, 2.24) is 14.9 Å². The Balaban J connectivity index is 1.44. The van der Waals surface area contributed by atoms with Crippen molar-refractivity contribution in [2.45, 2.75) is 19.1 Å². The molecule has 1 atom stereocenters. The molecule has 0 unspecified atom stereocenters. The average Bonchev–Trinajstić information content (AvgIpc) is 3.49. The third-order valence-corrected chi connectivity index (χ3v) is 6.37. The number of methoxy groups -OCH3 is 1. The smallest absolute Gasteiger partial charge is 0.0914 e. The fourth-order valence-corrected chi connectivity index (χ4v) is 4.57. The van der Waals surface area contributed by atoms with Gasteiger partial charge in [-0.3, -0.25) is 9.98 Å². The summed E-state index contributed by atoms with van der Waals surface area (Å²) >= 11 is 0. The molecule has 2 aromatic heterocycles. The van der Waals surface area contributed by atoms with Gasteiger partial charge in [0, 0.05) is 37.4 Å². The second kappa shape index (κ2) is 8.81. The Kier molecular flexibility index (Phi) is 5.72. The number of allylic oxidation sites excluding steroid dienone is 1. The molecule has 2 aliphatic rings. The molecule has 0 radical (unpaired) electrons. The molecule has 0 spiro atoms. The van der Waals surface area contributed by atoms with Crippen LogP contribution in [0.4, 0.5) is 5.69 Å². The number of anilines is 1. The maximum Gasteiger partial charge on any atom is 0.0914 e. The number of hydrogen-bond acceptors (Lipinski definition) is 6. The summed E-state index contributed by atoms with van der Waals surface area (Å²) in [4.78, 5) is 19.2. The Morgan fingerprint density at radius 3 is 2.84 bits per heavy atom. The zero-order valence-electron chi connectivity index (χ0n) is 19.0. The minimum absolute atomic E-state index is 0.585. The van der Waals surface area contributed by atoms with Crippen LogP contribution in [0.2, 0.25) is 0 Å². The lowest BCUT2D eigenvalue weighted by atomic mass is 9.99. The number of aromatic nitrogens is 2. The Hall–Kier alpha value is -3.09. The second-order valence-electron chi connectivity index (χ2n) is 8.72. The van der Waals surface area contributed by atoms with Crippen molar-refractivity contribution in [3.05, 3.63) is 71.6 Å². The molecule has 1 fully saturated rings. The lowest BCUT2D eigenvalue weighted by molar-refractivity contribution is 0.185. The normalized spacial score (nSPS) is 18.5. The maximum absolute atomic E-state index is 5.30. The number of benzene rings is 1. The standard InChI is InChI=1S/C26H29N5O/c1-30(2)20-10-12-31(16-20)21-14-25-24(28-15-21)8-7-23(29-25)22-9-11-27-26(22)19-6-4-5-18(13-19)17-32-3/h4-9,13-15,20H,10-12,16-17H2,1-3H3/t20-/m0/s1. The predicted molar refractivity (Wildman–Crippen MR) is 130 cm³/mol. The molecule has 6 heteroatoms. The van der Waals surface area contributed by atoms with Crippen LogP contribution >= 0.6 is 0 Å². The zero-order valence-corrected chi connectivity index (χ0v) is 19.0. The van der Waals surface area contributed by atoms with Crippen LogP contribution in [0.15, 0.2) is 59.7 Å². The molecule has 5 rings (SSSR count). The van der Waals surface area contributed by atoms with Crippen LogP contribution in [-0.2, 0) is 11.3 Å². The SMILES string of the molecule is COCc1cccc(C2=NCC=C2c2ccc3ncc(N4CC[C@H](N(C)C)C4)cc3n2)c1. The van der Waals surface area contributed by atoms with Crippen LogP contribution < -0.4 is 4.90 Å². The Labute approximate surface area is 189 Å². The van der Waals surface area contributed by atoms with E-state index in [0.29, 0.717) is 19.2 Å². The van der Waals surface area contributed by atoms with Crippen LogP contribution in [0, 0.1) is 0 Å². The first-order chi connectivity index (χ1) is 15.6. The molecule has 1 aromatic carbocycles. The predicted octanol–water partition coefficient (Wildman–Crippen LogP) is 3.80. The lowest BCUT2D eigenvalue weighted by Crippen LogP contribution is -2.31. The van der Waals surface area contributed by atoms with Crippen LogP contribution in [0.3, 0.4) is 0 Å². The number of nitrogens with zero attached hydrogens (tertiary/aromatic N) is 5. The molecule has 1 saturated heterocycles. The Morgan fingerprint density at radius 2 is 2.03 bits per heavy atom. The lowest BCUT2D eigenvalue weighted by Gasteiger charge is -2.21. The van der Waals surface area contributed by atoms with Crippen molar-refractivity contribution < 1.29 is 4.74 Å². The third kappa shape index (κ3) is 4.04. The molecule has 32 heavy (non-hydrogen) atoms. The van der Waals surface area contributed by atoms with E-state index in [9.17, 15) is 0 Å². The van der Waals surface area contributed by atoms with Gasteiger partial charge in [0.05, 0.1) is 47.5 Å². The summed E-state index contributed by atoms with van der Waals surface area (Å²) in [5.41, 5.74) is 8.25. The highest BCUT2D eigenvalue weighted by atomic mass is 16.5. The average molecular weight is 428 g/mol. The minimum Gasteiger partial charge on any atom is -0.380 e. The molecule has 0 N–H and O–H groups in total. The van der Waals surface area contributed by atoms with Crippen molar-refractivity contribution >= 4 is 28.0 Å². The molecule has 2 aliphatic heterocycles. The van der Waals surface area contributed by atoms with Gasteiger partial charge in [0.2, 0.25) is 0 Å². The fraction of sp³-hybridized carbons (Fsp3) is 0.346. The molecular weight excluding hydrogens is 398 g/mol. The van der Waals surface area contributed by atoms with E-state index < -0.39 is 0 Å². The second-order valence-corrected chi connectivity index (χ2v) is 8.72. The van der Waals surface area contributed by atoms with E-state index in [1.54, 1.807) is 7.11 Å². The first-order valence-electron chi connectivity index (χ1n) is 11.1. The molecule has 0 saturated carbocycles. The van der Waals surface area contributed by atoms with Crippen molar-refractivity contribution in [2.24, 2.45) is 4.99 Å². The minimum atomic E-state index is 0.585. The van der Waals surface area contributed by atoms with Gasteiger partial charge in [-0.1, -0.05) is 24.3 Å². The highest BCUT2D eigenvalue weighted by molar-refractivity contribution is 6.32. The van der Waals surface area contributed by atoms with Crippen molar-refractivity contribution in [3.63, 3.8) is 0 Å². The number of pyridine rings is 2. The number of aliphatic imine (C=N–C) groups is 1. The van der Waals surface area contributed by atoms with E-state index in [-0.39, 0.29) is 0 Å². The Morgan fingerprint density at radius 1 is 1.12 bits per heavy atom. The van der Waals surface area contributed by atoms with Gasteiger partial charge in [-0.05, 0) is 50.3 Å². The van der Waals surface area contributed by atoms with Crippen LogP contribution in [0.1, 0.15) is 23.2 Å². The van der Waals surface area contributed by atoms with Crippen molar-refractivity contribution in [3.8, 4) is 0 Å². The topological polar surface area (TPSA) is 53.9 Å². The van der Waals surface area contributed by atoms with E-state index in [1.807, 2.05) is 6.20 Å². The van der Waals surface area contributed by atoms with Gasteiger partial charge in [-0.15, -0.1) is 0 Å². The third-order valence-electron chi connectivity index (χ3n) is 6.37. The summed E-state index contributed by atoms with van der Waals surface area (Å²) in [5.74, 6) is 0. The molecule has 4 heterocycles. The molecule has 0 amide bonds. The van der Waals surface area contributed by atoms with Crippen LogP contribution in [-0.4, -0.2) is 67.5 Å². The molecule has 6 nitrogen and oxygen atoms in total. The highest BCUT2D eigenvalue weighted by Gasteiger charge is 2.25. The van der Waals surface area contributed by atoms with Gasteiger partial charge in [0.1, 0.15) is 0 Å². The number of rotatable bonds is 6. The molecule has 164 valence electrons. The Bertz CT molecular complexity index is 1200. The number of ether oxygens (including phenoxy) is 1. The summed E-state index contributed by atoms with van der Waals surface area (Å²) in [6.07, 6.45) is 5.31. The molecule has 3 aromatic rings. The molecule has 0 bridgehead atoms. The fourth-order valence-electron chi connectivity index (χ4n) is 4.57. The van der Waals surface area contributed by atoms with Gasteiger partial charge < -0.3 is 14.5 Å². The monoisotopic (exact) mass is 427 g/mol. The number of hydrogen-bond donors (Lipinski definition) is 0. The highest BCUT2D eigenvalue weighted by Crippen LogP contribution is 2.28. The van der Waals surface area contributed by atoms with Gasteiger partial charge in [-0.2, -0.15) is 0 Å². The van der Waals surface area contributed by atoms with Crippen molar-refractivity contribution in [2.75, 3.05) is 45.7 Å². The van der Waals surface area contributed by atoms with Gasteiger partial charge in [-0.25, -0.2) is 4.98 Å². The summed E-state index contributed by atoms with van der Waals surface area (Å²) in [6, 6.07) is 15.3. The first kappa shape index (κ1) is 20.8. The molecular formula is C26H29N5O. The van der Waals surface area contributed by atoms with Gasteiger partial charge in [0.15, 0.2) is 0 Å². The number of likely N-dealkylation sites (N-methyl/N-ethyl adjacent to an activating group) is 1. The van der Waals surface area contributed by atoms with Crippen LogP contribution in [0.5, 0.6) is 0 Å². The molecule has 0 aliphatic carbocycles. The quantitative estimate of drug-likeness (QED) is 0.599. The summed E-state index contributed by atoms with van der Waals surface area (Å²) in [7, 11) is 6.02. The van der Waals surface area contributed by atoms with E-state index in [0.717, 1.165) is 57.9 Å². The van der Waals surface area contributed by atoms with E-state index in [4.69, 9.17) is 19.7 Å². The van der Waals surface area contributed by atoms with Crippen LogP contribution in [0.25, 0.3) is 16.6 Å². The summed E-state index contributed by atoms with van der Waals surface area (Å²) in [6.45, 7) is 3.35. The number of fused-ring (bicyclic) bond motifs is 1.